The molecule has 0 aliphatic heterocycles. The summed E-state index contributed by atoms with van der Waals surface area (Å²) in [6, 6.07) is 7.79. The summed E-state index contributed by atoms with van der Waals surface area (Å²) in [5.41, 5.74) is 2.34. The average Bonchev–Trinajstić information content (AvgIpc) is 2.77. The first-order valence-corrected chi connectivity index (χ1v) is 6.22. The average molecular weight is 265 g/mol. The van der Waals surface area contributed by atoms with Crippen molar-refractivity contribution >= 4 is 11.6 Å². The molecule has 0 spiro atoms. The number of aromatic nitrogens is 1. The zero-order valence-electron chi connectivity index (χ0n) is 10.6. The van der Waals surface area contributed by atoms with Gasteiger partial charge in [0.15, 0.2) is 0 Å². The molecule has 0 aliphatic rings. The Labute approximate surface area is 112 Å². The molecule has 2 aromatic rings. The van der Waals surface area contributed by atoms with Crippen LogP contribution in [-0.2, 0) is 13.1 Å². The predicted octanol–water partition coefficient (Wildman–Crippen LogP) is 2.92. The Kier molecular flexibility index (Phi) is 4.28. The van der Waals surface area contributed by atoms with E-state index in [4.69, 9.17) is 16.3 Å². The molecule has 3 nitrogen and oxygen atoms in total. The van der Waals surface area contributed by atoms with Crippen LogP contribution in [0.4, 0.5) is 0 Å². The lowest BCUT2D eigenvalue weighted by molar-refractivity contribution is 0.408. The van der Waals surface area contributed by atoms with Crippen molar-refractivity contribution in [1.29, 1.82) is 0 Å². The minimum Gasteiger partial charge on any atom is -0.496 e. The highest BCUT2D eigenvalue weighted by Crippen LogP contribution is 2.23. The van der Waals surface area contributed by atoms with E-state index in [1.54, 1.807) is 7.11 Å². The second-order valence-electron chi connectivity index (χ2n) is 4.18. The summed E-state index contributed by atoms with van der Waals surface area (Å²) in [4.78, 5) is 0. The van der Waals surface area contributed by atoms with E-state index in [1.807, 2.05) is 25.2 Å². The smallest absolute Gasteiger partial charge is 0.123 e. The summed E-state index contributed by atoms with van der Waals surface area (Å²) in [7, 11) is 3.62. The molecule has 0 bridgehead atoms. The maximum atomic E-state index is 6.02. The number of ether oxygens (including phenoxy) is 1. The summed E-state index contributed by atoms with van der Waals surface area (Å²) in [5.74, 6) is 0.864. The molecule has 0 saturated heterocycles. The summed E-state index contributed by atoms with van der Waals surface area (Å²) in [5, 5.41) is 3.86. The number of rotatable bonds is 5. The minimum absolute atomic E-state index is 0.730. The van der Waals surface area contributed by atoms with Gasteiger partial charge in [-0.1, -0.05) is 11.6 Å². The SMILES string of the molecule is CNCc1ccn(Cc2cc(Cl)ccc2OC)c1. The molecule has 1 aromatic heterocycles. The number of nitrogens with zero attached hydrogens (tertiary/aromatic N) is 1. The Hall–Kier alpha value is -1.45. The van der Waals surface area contributed by atoms with Crippen molar-refractivity contribution in [2.24, 2.45) is 0 Å². The Balaban J connectivity index is 2.19. The Bertz CT molecular complexity index is 522. The molecular formula is C14H17ClN2O. The van der Waals surface area contributed by atoms with Crippen molar-refractivity contribution < 1.29 is 4.74 Å². The Morgan fingerprint density at radius 2 is 2.17 bits per heavy atom. The van der Waals surface area contributed by atoms with E-state index in [0.717, 1.165) is 29.4 Å². The van der Waals surface area contributed by atoms with Gasteiger partial charge in [-0.15, -0.1) is 0 Å². The molecule has 1 N–H and O–H groups in total. The first-order chi connectivity index (χ1) is 8.72. The van der Waals surface area contributed by atoms with E-state index >= 15 is 0 Å². The van der Waals surface area contributed by atoms with Gasteiger partial charge in [-0.05, 0) is 36.9 Å². The molecule has 96 valence electrons. The van der Waals surface area contributed by atoms with Crippen LogP contribution in [-0.4, -0.2) is 18.7 Å². The number of halogens is 1. The van der Waals surface area contributed by atoms with Crippen LogP contribution in [0.25, 0.3) is 0 Å². The molecule has 18 heavy (non-hydrogen) atoms. The van der Waals surface area contributed by atoms with Crippen molar-refractivity contribution in [2.75, 3.05) is 14.2 Å². The fraction of sp³-hybridized carbons (Fsp3) is 0.286. The van der Waals surface area contributed by atoms with E-state index in [0.29, 0.717) is 0 Å². The highest BCUT2D eigenvalue weighted by atomic mass is 35.5. The fourth-order valence-electron chi connectivity index (χ4n) is 1.96. The van der Waals surface area contributed by atoms with E-state index in [9.17, 15) is 0 Å². The topological polar surface area (TPSA) is 26.2 Å². The quantitative estimate of drug-likeness (QED) is 0.899. The molecule has 1 heterocycles. The molecule has 0 atom stereocenters. The summed E-state index contributed by atoms with van der Waals surface area (Å²) in [6.45, 7) is 1.63. The van der Waals surface area contributed by atoms with Gasteiger partial charge in [0.25, 0.3) is 0 Å². The highest BCUT2D eigenvalue weighted by Gasteiger charge is 2.05. The standard InChI is InChI=1S/C14H17ClN2O/c1-16-8-11-5-6-17(9-11)10-12-7-13(15)3-4-14(12)18-2/h3-7,9,16H,8,10H2,1-2H3. The minimum atomic E-state index is 0.730. The van der Waals surface area contributed by atoms with E-state index < -0.39 is 0 Å². The zero-order valence-corrected chi connectivity index (χ0v) is 11.4. The van der Waals surface area contributed by atoms with Gasteiger partial charge in [0.2, 0.25) is 0 Å². The van der Waals surface area contributed by atoms with Gasteiger partial charge in [0, 0.05) is 29.5 Å². The first-order valence-electron chi connectivity index (χ1n) is 5.84. The van der Waals surface area contributed by atoms with Gasteiger partial charge < -0.3 is 14.6 Å². The number of methoxy groups -OCH3 is 1. The lowest BCUT2D eigenvalue weighted by Gasteiger charge is -2.09. The molecule has 0 aliphatic carbocycles. The first kappa shape index (κ1) is 13.0. The number of hydrogen-bond acceptors (Lipinski definition) is 2. The number of nitrogens with one attached hydrogen (secondary N) is 1. The second-order valence-corrected chi connectivity index (χ2v) is 4.62. The molecule has 0 fully saturated rings. The van der Waals surface area contributed by atoms with Crippen LogP contribution in [0, 0.1) is 0 Å². The molecular weight excluding hydrogens is 248 g/mol. The molecule has 1 aromatic carbocycles. The second kappa shape index (κ2) is 5.94. The zero-order chi connectivity index (χ0) is 13.0. The van der Waals surface area contributed by atoms with Gasteiger partial charge >= 0.3 is 0 Å². The summed E-state index contributed by atoms with van der Waals surface area (Å²) < 4.78 is 7.47. The van der Waals surface area contributed by atoms with E-state index in [-0.39, 0.29) is 0 Å². The Morgan fingerprint density at radius 1 is 1.33 bits per heavy atom. The van der Waals surface area contributed by atoms with E-state index in [1.165, 1.54) is 5.56 Å². The van der Waals surface area contributed by atoms with Crippen molar-refractivity contribution in [2.45, 2.75) is 13.1 Å². The highest BCUT2D eigenvalue weighted by molar-refractivity contribution is 6.30. The van der Waals surface area contributed by atoms with Crippen LogP contribution in [0.5, 0.6) is 5.75 Å². The molecule has 2 rings (SSSR count). The van der Waals surface area contributed by atoms with E-state index in [2.05, 4.69) is 28.3 Å². The van der Waals surface area contributed by atoms with Crippen molar-refractivity contribution in [1.82, 2.24) is 9.88 Å². The molecule has 0 unspecified atom stereocenters. The number of benzene rings is 1. The molecule has 0 radical (unpaired) electrons. The normalized spacial score (nSPS) is 10.6. The molecule has 4 heteroatoms. The van der Waals surface area contributed by atoms with Crippen molar-refractivity contribution in [3.05, 3.63) is 52.8 Å². The third-order valence-electron chi connectivity index (χ3n) is 2.79. The molecule has 0 saturated carbocycles. The van der Waals surface area contributed by atoms with Crippen LogP contribution in [0.1, 0.15) is 11.1 Å². The Morgan fingerprint density at radius 3 is 2.89 bits per heavy atom. The maximum Gasteiger partial charge on any atom is 0.123 e. The summed E-state index contributed by atoms with van der Waals surface area (Å²) >= 11 is 6.02. The maximum absolute atomic E-state index is 6.02. The van der Waals surface area contributed by atoms with Crippen LogP contribution in [0.15, 0.2) is 36.7 Å². The number of hydrogen-bond donors (Lipinski definition) is 1. The van der Waals surface area contributed by atoms with Crippen molar-refractivity contribution in [3.63, 3.8) is 0 Å². The lowest BCUT2D eigenvalue weighted by atomic mass is 10.2. The van der Waals surface area contributed by atoms with Crippen LogP contribution in [0.2, 0.25) is 5.02 Å². The largest absolute Gasteiger partial charge is 0.496 e. The van der Waals surface area contributed by atoms with Gasteiger partial charge in [-0.3, -0.25) is 0 Å². The predicted molar refractivity (Wildman–Crippen MR) is 74.3 cm³/mol. The van der Waals surface area contributed by atoms with Gasteiger partial charge in [-0.2, -0.15) is 0 Å². The lowest BCUT2D eigenvalue weighted by Crippen LogP contribution is -2.04. The summed E-state index contributed by atoms with van der Waals surface area (Å²) in [6.07, 6.45) is 4.18. The van der Waals surface area contributed by atoms with Crippen LogP contribution < -0.4 is 10.1 Å². The van der Waals surface area contributed by atoms with Gasteiger partial charge in [-0.25, -0.2) is 0 Å². The fourth-order valence-corrected chi connectivity index (χ4v) is 2.16. The van der Waals surface area contributed by atoms with Crippen molar-refractivity contribution in [3.8, 4) is 5.75 Å². The molecule has 0 amide bonds. The van der Waals surface area contributed by atoms with Gasteiger partial charge in [0.1, 0.15) is 5.75 Å². The van der Waals surface area contributed by atoms with Gasteiger partial charge in [0.05, 0.1) is 13.7 Å². The monoisotopic (exact) mass is 264 g/mol. The third kappa shape index (κ3) is 3.06. The van der Waals surface area contributed by atoms with Crippen LogP contribution in [0.3, 0.4) is 0 Å². The third-order valence-corrected chi connectivity index (χ3v) is 3.02. The van der Waals surface area contributed by atoms with Crippen LogP contribution >= 0.6 is 11.6 Å².